The Hall–Kier alpha value is -1.53. The van der Waals surface area contributed by atoms with Crippen molar-refractivity contribution in [2.45, 2.75) is 51.6 Å². The maximum Gasteiger partial charge on any atom is 0.320 e. The van der Waals surface area contributed by atoms with Gasteiger partial charge in [-0.2, -0.15) is 0 Å². The van der Waals surface area contributed by atoms with Crippen molar-refractivity contribution in [3.05, 3.63) is 23.8 Å². The fourth-order valence-corrected chi connectivity index (χ4v) is 4.10. The molecule has 2 aliphatic heterocycles. The van der Waals surface area contributed by atoms with Gasteiger partial charge in [0.25, 0.3) is 0 Å². The maximum atomic E-state index is 11.4. The topological polar surface area (TPSA) is 69.6 Å². The highest BCUT2D eigenvalue weighted by Crippen LogP contribution is 2.42. The highest BCUT2D eigenvalue weighted by atomic mass is 16.4. The summed E-state index contributed by atoms with van der Waals surface area (Å²) in [6.07, 6.45) is 4.79. The third-order valence-electron chi connectivity index (χ3n) is 5.58. The van der Waals surface area contributed by atoms with Crippen molar-refractivity contribution < 1.29 is 9.90 Å². The summed E-state index contributed by atoms with van der Waals surface area (Å²) in [6.45, 7) is 8.01. The van der Waals surface area contributed by atoms with Crippen LogP contribution in [0.5, 0.6) is 0 Å². The van der Waals surface area contributed by atoms with E-state index in [-0.39, 0.29) is 11.5 Å². The molecule has 1 aromatic heterocycles. The predicted octanol–water partition coefficient (Wildman–Crippen LogP) is 1.97. The molecule has 2 saturated heterocycles. The normalized spacial score (nSPS) is 24.8. The van der Waals surface area contributed by atoms with Gasteiger partial charge in [-0.3, -0.25) is 14.6 Å². The van der Waals surface area contributed by atoms with Gasteiger partial charge in [0.15, 0.2) is 0 Å². The largest absolute Gasteiger partial charge is 0.480 e. The van der Waals surface area contributed by atoms with Crippen molar-refractivity contribution in [1.29, 1.82) is 0 Å². The Balaban J connectivity index is 1.58. The van der Waals surface area contributed by atoms with Crippen LogP contribution in [0.1, 0.15) is 50.5 Å². The Morgan fingerprint density at radius 3 is 2.71 bits per heavy atom. The number of nitrogens with zero attached hydrogens (tertiary/aromatic N) is 4. The van der Waals surface area contributed by atoms with Crippen LogP contribution in [0.3, 0.4) is 0 Å². The van der Waals surface area contributed by atoms with Crippen LogP contribution < -0.4 is 0 Å². The van der Waals surface area contributed by atoms with Crippen molar-refractivity contribution in [3.63, 3.8) is 0 Å². The lowest BCUT2D eigenvalue weighted by atomic mass is 9.76. The van der Waals surface area contributed by atoms with Gasteiger partial charge in [-0.1, -0.05) is 13.8 Å². The van der Waals surface area contributed by atoms with Crippen molar-refractivity contribution in [2.75, 3.05) is 26.7 Å². The first kappa shape index (κ1) is 17.3. The Labute approximate surface area is 143 Å². The van der Waals surface area contributed by atoms with Crippen LogP contribution in [0.25, 0.3) is 0 Å². The number of aliphatic carboxylic acids is 1. The van der Waals surface area contributed by atoms with E-state index in [0.29, 0.717) is 5.92 Å². The number of piperidine rings is 1. The molecule has 0 aliphatic carbocycles. The van der Waals surface area contributed by atoms with Crippen molar-refractivity contribution in [2.24, 2.45) is 5.41 Å². The quantitative estimate of drug-likeness (QED) is 0.909. The highest BCUT2D eigenvalue weighted by Gasteiger charge is 2.46. The zero-order valence-electron chi connectivity index (χ0n) is 14.9. The van der Waals surface area contributed by atoms with Crippen LogP contribution in [0.15, 0.2) is 12.3 Å². The van der Waals surface area contributed by atoms with Gasteiger partial charge in [-0.25, -0.2) is 9.97 Å². The number of carboxylic acids is 1. The van der Waals surface area contributed by atoms with Gasteiger partial charge in [0.1, 0.15) is 11.9 Å². The second-order valence-corrected chi connectivity index (χ2v) is 7.81. The molecule has 6 nitrogen and oxygen atoms in total. The molecule has 0 radical (unpaired) electrons. The SMILES string of the molecule is CC(C)c1nccc(CN2CCC3(CC2)C[C@@H](C(=O)O)N(C)C3)n1. The fraction of sp³-hybridized carbons (Fsp3) is 0.722. The molecular weight excluding hydrogens is 304 g/mol. The molecule has 0 amide bonds. The highest BCUT2D eigenvalue weighted by molar-refractivity contribution is 5.74. The molecule has 0 aromatic carbocycles. The van der Waals surface area contributed by atoms with E-state index >= 15 is 0 Å². The Morgan fingerprint density at radius 2 is 2.12 bits per heavy atom. The molecule has 3 heterocycles. The molecule has 6 heteroatoms. The van der Waals surface area contributed by atoms with E-state index in [2.05, 4.69) is 28.7 Å². The molecule has 1 N–H and O–H groups in total. The first-order valence-electron chi connectivity index (χ1n) is 8.86. The number of likely N-dealkylation sites (tertiary alicyclic amines) is 2. The lowest BCUT2D eigenvalue weighted by molar-refractivity contribution is -0.141. The van der Waals surface area contributed by atoms with E-state index in [1.54, 1.807) is 0 Å². The van der Waals surface area contributed by atoms with E-state index in [4.69, 9.17) is 0 Å². The number of aromatic nitrogens is 2. The van der Waals surface area contributed by atoms with Gasteiger partial charge < -0.3 is 5.11 Å². The smallest absolute Gasteiger partial charge is 0.320 e. The Bertz CT molecular complexity index is 596. The minimum Gasteiger partial charge on any atom is -0.480 e. The lowest BCUT2D eigenvalue weighted by Gasteiger charge is -2.39. The first-order chi connectivity index (χ1) is 11.4. The number of carbonyl (C=O) groups is 1. The summed E-state index contributed by atoms with van der Waals surface area (Å²) in [4.78, 5) is 24.8. The monoisotopic (exact) mass is 332 g/mol. The molecule has 2 fully saturated rings. The summed E-state index contributed by atoms with van der Waals surface area (Å²) in [5.74, 6) is 0.568. The molecule has 0 unspecified atom stereocenters. The van der Waals surface area contributed by atoms with E-state index in [9.17, 15) is 9.90 Å². The summed E-state index contributed by atoms with van der Waals surface area (Å²) in [5, 5.41) is 9.35. The first-order valence-corrected chi connectivity index (χ1v) is 8.86. The van der Waals surface area contributed by atoms with Gasteiger partial charge in [-0.15, -0.1) is 0 Å². The molecule has 1 atom stereocenters. The maximum absolute atomic E-state index is 11.4. The van der Waals surface area contributed by atoms with Crippen molar-refractivity contribution in [1.82, 2.24) is 19.8 Å². The van der Waals surface area contributed by atoms with Gasteiger partial charge in [0, 0.05) is 25.2 Å². The summed E-state index contributed by atoms with van der Waals surface area (Å²) >= 11 is 0. The zero-order valence-corrected chi connectivity index (χ0v) is 14.9. The summed E-state index contributed by atoms with van der Waals surface area (Å²) in [6, 6.07) is 1.69. The van der Waals surface area contributed by atoms with E-state index in [1.165, 1.54) is 0 Å². The molecule has 1 aromatic rings. The molecule has 1 spiro atoms. The number of rotatable bonds is 4. The average molecular weight is 332 g/mol. The predicted molar refractivity (Wildman–Crippen MR) is 91.7 cm³/mol. The van der Waals surface area contributed by atoms with Crippen LogP contribution in [0, 0.1) is 5.41 Å². The molecule has 132 valence electrons. The molecule has 24 heavy (non-hydrogen) atoms. The summed E-state index contributed by atoms with van der Waals surface area (Å²) in [7, 11) is 1.94. The van der Waals surface area contributed by atoms with Crippen LogP contribution >= 0.6 is 0 Å². The average Bonchev–Trinajstić information content (AvgIpc) is 2.87. The minimum absolute atomic E-state index is 0.184. The summed E-state index contributed by atoms with van der Waals surface area (Å²) in [5.41, 5.74) is 1.26. The zero-order chi connectivity index (χ0) is 17.3. The van der Waals surface area contributed by atoms with Crippen molar-refractivity contribution >= 4 is 5.97 Å². The van der Waals surface area contributed by atoms with E-state index in [1.807, 2.05) is 24.2 Å². The van der Waals surface area contributed by atoms with Gasteiger partial charge >= 0.3 is 5.97 Å². The molecule has 0 bridgehead atoms. The standard InChI is InChI=1S/C18H28N4O2/c1-13(2)16-19-7-4-14(20-16)11-22-8-5-18(6-9-22)10-15(17(23)24)21(3)12-18/h4,7,13,15H,5-6,8-12H2,1-3H3,(H,23,24)/t15-/m0/s1. The molecular formula is C18H28N4O2. The van der Waals surface area contributed by atoms with E-state index in [0.717, 1.165) is 57.0 Å². The molecule has 0 saturated carbocycles. The number of likely N-dealkylation sites (N-methyl/N-ethyl adjacent to an activating group) is 1. The van der Waals surface area contributed by atoms with E-state index < -0.39 is 5.97 Å². The Kier molecular flexibility index (Phi) is 4.88. The van der Waals surface area contributed by atoms with Crippen LogP contribution in [-0.2, 0) is 11.3 Å². The molecule has 3 rings (SSSR count). The summed E-state index contributed by atoms with van der Waals surface area (Å²) < 4.78 is 0. The second kappa shape index (κ2) is 6.76. The third-order valence-corrected chi connectivity index (χ3v) is 5.58. The minimum atomic E-state index is -0.681. The second-order valence-electron chi connectivity index (χ2n) is 7.81. The van der Waals surface area contributed by atoms with Gasteiger partial charge in [-0.05, 0) is 50.9 Å². The van der Waals surface area contributed by atoms with Gasteiger partial charge in [0.2, 0.25) is 0 Å². The fourth-order valence-electron chi connectivity index (χ4n) is 4.10. The Morgan fingerprint density at radius 1 is 1.42 bits per heavy atom. The molecule has 2 aliphatic rings. The van der Waals surface area contributed by atoms with Crippen LogP contribution in [0.4, 0.5) is 0 Å². The van der Waals surface area contributed by atoms with Crippen LogP contribution in [-0.4, -0.2) is 63.6 Å². The van der Waals surface area contributed by atoms with Crippen molar-refractivity contribution in [3.8, 4) is 0 Å². The van der Waals surface area contributed by atoms with Gasteiger partial charge in [0.05, 0.1) is 5.69 Å². The number of hydrogen-bond donors (Lipinski definition) is 1. The number of carboxylic acid groups (broad SMARTS) is 1. The number of hydrogen-bond acceptors (Lipinski definition) is 5. The lowest BCUT2D eigenvalue weighted by Crippen LogP contribution is -2.41. The van der Waals surface area contributed by atoms with Crippen LogP contribution in [0.2, 0.25) is 0 Å². The third kappa shape index (κ3) is 3.59.